The third kappa shape index (κ3) is 2.84. The molecule has 0 spiro atoms. The Morgan fingerprint density at radius 1 is 1.69 bits per heavy atom. The van der Waals surface area contributed by atoms with Crippen molar-refractivity contribution in [1.29, 1.82) is 0 Å². The second kappa shape index (κ2) is 5.29. The lowest BCUT2D eigenvalue weighted by Crippen LogP contribution is -2.45. The summed E-state index contributed by atoms with van der Waals surface area (Å²) in [4.78, 5) is 18.6. The molecule has 3 nitrogen and oxygen atoms in total. The summed E-state index contributed by atoms with van der Waals surface area (Å²) in [7, 11) is 2.04. The molecule has 88 valence electrons. The molecular weight excluding hydrogens is 240 g/mol. The van der Waals surface area contributed by atoms with Crippen molar-refractivity contribution in [3.05, 3.63) is 16.1 Å². The first kappa shape index (κ1) is 12.1. The van der Waals surface area contributed by atoms with Crippen molar-refractivity contribution in [3.63, 3.8) is 0 Å². The fourth-order valence-electron chi connectivity index (χ4n) is 1.78. The second-order valence-electron chi connectivity index (χ2n) is 4.10. The minimum absolute atomic E-state index is 0.0861. The van der Waals surface area contributed by atoms with Gasteiger partial charge in [0.1, 0.15) is 5.01 Å². The van der Waals surface area contributed by atoms with E-state index in [9.17, 15) is 4.79 Å². The maximum Gasteiger partial charge on any atom is 0.157 e. The molecule has 2 heterocycles. The van der Waals surface area contributed by atoms with Gasteiger partial charge in [0, 0.05) is 29.1 Å². The Balaban J connectivity index is 1.96. The van der Waals surface area contributed by atoms with E-state index in [1.807, 2.05) is 31.1 Å². The number of likely N-dealkylation sites (N-methyl/N-ethyl adjacent to an activating group) is 1. The Morgan fingerprint density at radius 3 is 3.12 bits per heavy atom. The molecule has 0 radical (unpaired) electrons. The minimum Gasteiger partial charge on any atom is -0.297 e. The molecule has 0 aromatic carbocycles. The van der Waals surface area contributed by atoms with Gasteiger partial charge >= 0.3 is 0 Å². The molecule has 0 amide bonds. The molecule has 16 heavy (non-hydrogen) atoms. The van der Waals surface area contributed by atoms with Crippen LogP contribution in [0.25, 0.3) is 0 Å². The van der Waals surface area contributed by atoms with Crippen LogP contribution in [0.2, 0.25) is 0 Å². The van der Waals surface area contributed by atoms with Crippen LogP contribution in [0.1, 0.15) is 10.7 Å². The van der Waals surface area contributed by atoms with Gasteiger partial charge in [-0.15, -0.1) is 11.3 Å². The van der Waals surface area contributed by atoms with Gasteiger partial charge in [-0.05, 0) is 14.0 Å². The molecular formula is C11H16N2OS2. The molecule has 0 bridgehead atoms. The maximum absolute atomic E-state index is 12.1. The molecule has 2 rings (SSSR count). The van der Waals surface area contributed by atoms with E-state index in [1.165, 1.54) is 0 Å². The second-order valence-corrected chi connectivity index (χ2v) is 6.19. The van der Waals surface area contributed by atoms with E-state index in [4.69, 9.17) is 0 Å². The zero-order chi connectivity index (χ0) is 11.5. The quantitative estimate of drug-likeness (QED) is 0.822. The highest BCUT2D eigenvalue weighted by Crippen LogP contribution is 2.18. The molecule has 1 aromatic heterocycles. The third-order valence-corrected chi connectivity index (χ3v) is 4.75. The fourth-order valence-corrected chi connectivity index (χ4v) is 3.81. The molecule has 1 aliphatic rings. The van der Waals surface area contributed by atoms with E-state index in [0.29, 0.717) is 12.2 Å². The molecule has 1 unspecified atom stereocenters. The van der Waals surface area contributed by atoms with E-state index in [1.54, 1.807) is 11.3 Å². The van der Waals surface area contributed by atoms with Crippen LogP contribution in [0.3, 0.4) is 0 Å². The number of carbonyl (C=O) groups excluding carboxylic acids is 1. The van der Waals surface area contributed by atoms with Crippen molar-refractivity contribution in [1.82, 2.24) is 9.88 Å². The van der Waals surface area contributed by atoms with Gasteiger partial charge in [-0.2, -0.15) is 11.8 Å². The number of Topliss-reactive ketones (excluding diaryl/α,β-unsaturated/α-hetero) is 1. The first-order chi connectivity index (χ1) is 7.66. The highest BCUT2D eigenvalue weighted by atomic mass is 32.2. The number of rotatable bonds is 3. The Bertz CT molecular complexity index is 378. The van der Waals surface area contributed by atoms with Gasteiger partial charge in [0.05, 0.1) is 12.5 Å². The van der Waals surface area contributed by atoms with Crippen LogP contribution < -0.4 is 0 Å². The Labute approximate surface area is 104 Å². The third-order valence-electron chi connectivity index (χ3n) is 2.76. The summed E-state index contributed by atoms with van der Waals surface area (Å²) >= 11 is 3.46. The van der Waals surface area contributed by atoms with Gasteiger partial charge < -0.3 is 0 Å². The predicted molar refractivity (Wildman–Crippen MR) is 69.3 cm³/mol. The molecule has 1 saturated heterocycles. The number of ketones is 1. The number of nitrogens with zero attached hydrogens (tertiary/aromatic N) is 2. The van der Waals surface area contributed by atoms with E-state index in [2.05, 4.69) is 9.88 Å². The predicted octanol–water partition coefficient (Wildman–Crippen LogP) is 1.61. The number of thiazole rings is 1. The highest BCUT2D eigenvalue weighted by molar-refractivity contribution is 7.99. The lowest BCUT2D eigenvalue weighted by Gasteiger charge is -2.30. The first-order valence-electron chi connectivity index (χ1n) is 5.38. The average molecular weight is 256 g/mol. The summed E-state index contributed by atoms with van der Waals surface area (Å²) in [5.41, 5.74) is 1.01. The van der Waals surface area contributed by atoms with Crippen molar-refractivity contribution >= 4 is 28.9 Å². The maximum atomic E-state index is 12.1. The van der Waals surface area contributed by atoms with Crippen molar-refractivity contribution < 1.29 is 4.79 Å². The van der Waals surface area contributed by atoms with Crippen molar-refractivity contribution in [2.24, 2.45) is 0 Å². The molecule has 0 aliphatic carbocycles. The molecule has 1 aromatic rings. The molecule has 1 atom stereocenters. The number of hydrogen-bond acceptors (Lipinski definition) is 5. The van der Waals surface area contributed by atoms with Crippen molar-refractivity contribution in [2.45, 2.75) is 19.4 Å². The number of aromatic nitrogens is 1. The summed E-state index contributed by atoms with van der Waals surface area (Å²) in [6.45, 7) is 2.98. The highest BCUT2D eigenvalue weighted by Gasteiger charge is 2.26. The molecule has 0 saturated carbocycles. The van der Waals surface area contributed by atoms with Gasteiger partial charge in [-0.3, -0.25) is 9.69 Å². The lowest BCUT2D eigenvalue weighted by atomic mass is 10.1. The van der Waals surface area contributed by atoms with Gasteiger partial charge in [-0.25, -0.2) is 4.98 Å². The summed E-state index contributed by atoms with van der Waals surface area (Å²) in [6, 6.07) is 0.0861. The van der Waals surface area contributed by atoms with E-state index < -0.39 is 0 Å². The summed E-state index contributed by atoms with van der Waals surface area (Å²) in [5, 5.41) is 2.95. The smallest absolute Gasteiger partial charge is 0.157 e. The van der Waals surface area contributed by atoms with Crippen LogP contribution in [0, 0.1) is 6.92 Å². The largest absolute Gasteiger partial charge is 0.297 e. The van der Waals surface area contributed by atoms with Crippen LogP contribution in [0.5, 0.6) is 0 Å². The zero-order valence-electron chi connectivity index (χ0n) is 9.60. The Morgan fingerprint density at radius 2 is 2.50 bits per heavy atom. The van der Waals surface area contributed by atoms with Crippen LogP contribution in [-0.2, 0) is 11.2 Å². The van der Waals surface area contributed by atoms with Crippen molar-refractivity contribution in [2.75, 3.05) is 25.1 Å². The first-order valence-corrected chi connectivity index (χ1v) is 7.42. The summed E-state index contributed by atoms with van der Waals surface area (Å²) < 4.78 is 0. The average Bonchev–Trinajstić information content (AvgIpc) is 2.64. The fraction of sp³-hybridized carbons (Fsp3) is 0.636. The summed E-state index contributed by atoms with van der Waals surface area (Å²) in [5.74, 6) is 2.38. The lowest BCUT2D eigenvalue weighted by molar-refractivity contribution is -0.122. The van der Waals surface area contributed by atoms with E-state index in [0.717, 1.165) is 28.8 Å². The number of hydrogen-bond donors (Lipinski definition) is 0. The zero-order valence-corrected chi connectivity index (χ0v) is 11.2. The topological polar surface area (TPSA) is 33.2 Å². The van der Waals surface area contributed by atoms with Crippen LogP contribution >= 0.6 is 23.1 Å². The SMILES string of the molecule is Cc1csc(CC(=O)C2CSCCN2C)n1. The monoisotopic (exact) mass is 256 g/mol. The van der Waals surface area contributed by atoms with Crippen molar-refractivity contribution in [3.8, 4) is 0 Å². The molecule has 1 aliphatic heterocycles. The normalized spacial score (nSPS) is 22.2. The van der Waals surface area contributed by atoms with Crippen LogP contribution in [0.4, 0.5) is 0 Å². The van der Waals surface area contributed by atoms with E-state index >= 15 is 0 Å². The molecule has 1 fully saturated rings. The Hall–Kier alpha value is -0.390. The Kier molecular flexibility index (Phi) is 4.00. The minimum atomic E-state index is 0.0861. The molecule has 5 heteroatoms. The number of carbonyl (C=O) groups is 1. The van der Waals surface area contributed by atoms with Crippen LogP contribution in [0.15, 0.2) is 5.38 Å². The summed E-state index contributed by atoms with van der Waals surface area (Å²) in [6.07, 6.45) is 0.494. The number of thioether (sulfide) groups is 1. The van der Waals surface area contributed by atoms with Gasteiger partial charge in [-0.1, -0.05) is 0 Å². The van der Waals surface area contributed by atoms with Gasteiger partial charge in [0.2, 0.25) is 0 Å². The van der Waals surface area contributed by atoms with Gasteiger partial charge in [0.15, 0.2) is 5.78 Å². The van der Waals surface area contributed by atoms with E-state index in [-0.39, 0.29) is 6.04 Å². The van der Waals surface area contributed by atoms with Crippen LogP contribution in [-0.4, -0.2) is 46.8 Å². The molecule has 0 N–H and O–H groups in total. The van der Waals surface area contributed by atoms with Gasteiger partial charge in [0.25, 0.3) is 0 Å². The standard InChI is InChI=1S/C11H16N2OS2/c1-8-6-16-11(12-8)5-10(14)9-7-15-4-3-13(9)2/h6,9H,3-5,7H2,1-2H3. The number of aryl methyl sites for hydroxylation is 1.